The normalized spacial score (nSPS) is 13.9. The van der Waals surface area contributed by atoms with Gasteiger partial charge in [0.25, 0.3) is 10.0 Å². The summed E-state index contributed by atoms with van der Waals surface area (Å²) in [5.41, 5.74) is 1.02. The first-order valence-corrected chi connectivity index (χ1v) is 10.6. The van der Waals surface area contributed by atoms with Gasteiger partial charge in [0.2, 0.25) is 11.8 Å². The molecule has 10 heteroatoms. The van der Waals surface area contributed by atoms with Gasteiger partial charge >= 0.3 is 0 Å². The lowest BCUT2D eigenvalue weighted by molar-refractivity contribution is -0.122. The molecule has 0 saturated heterocycles. The zero-order valence-electron chi connectivity index (χ0n) is 16.3. The van der Waals surface area contributed by atoms with E-state index in [4.69, 9.17) is 0 Å². The van der Waals surface area contributed by atoms with Gasteiger partial charge in [0.15, 0.2) is 5.84 Å². The van der Waals surface area contributed by atoms with Crippen LogP contribution in [0.15, 0.2) is 57.8 Å². The van der Waals surface area contributed by atoms with E-state index in [1.807, 2.05) is 0 Å². The van der Waals surface area contributed by atoms with Gasteiger partial charge in [0, 0.05) is 25.7 Å². The minimum Gasteiger partial charge on any atom is -0.354 e. The first-order valence-electron chi connectivity index (χ1n) is 9.19. The Bertz CT molecular complexity index is 1100. The number of halogens is 1. The lowest BCUT2D eigenvalue weighted by Crippen LogP contribution is -2.41. The molecule has 158 valence electrons. The summed E-state index contributed by atoms with van der Waals surface area (Å²) in [4.78, 5) is 25.6. The van der Waals surface area contributed by atoms with Crippen LogP contribution in [0.5, 0.6) is 0 Å². The highest BCUT2D eigenvalue weighted by atomic mass is 32.2. The van der Waals surface area contributed by atoms with Crippen LogP contribution < -0.4 is 10.6 Å². The molecule has 0 aliphatic carbocycles. The maximum absolute atomic E-state index is 13.1. The molecule has 2 N–H and O–H groups in total. The predicted octanol–water partition coefficient (Wildman–Crippen LogP) is 0.682. The summed E-state index contributed by atoms with van der Waals surface area (Å²) < 4.78 is 41.1. The average Bonchev–Trinajstić information content (AvgIpc) is 2.97. The molecule has 2 aromatic rings. The SMILES string of the molecule is CN(CC(=O)NCCNC(=O)Cc1cccc(F)c1)C1=NS(=O)(=O)c2ccccc21. The largest absolute Gasteiger partial charge is 0.354 e. The molecule has 8 nitrogen and oxygen atoms in total. The summed E-state index contributed by atoms with van der Waals surface area (Å²) in [5, 5.41) is 5.30. The van der Waals surface area contributed by atoms with Crippen molar-refractivity contribution in [1.82, 2.24) is 15.5 Å². The average molecular weight is 432 g/mol. The van der Waals surface area contributed by atoms with E-state index in [1.165, 1.54) is 29.2 Å². The van der Waals surface area contributed by atoms with Crippen molar-refractivity contribution in [3.63, 3.8) is 0 Å². The summed E-state index contributed by atoms with van der Waals surface area (Å²) in [5.74, 6) is -0.821. The second-order valence-corrected chi connectivity index (χ2v) is 8.32. The van der Waals surface area contributed by atoms with E-state index in [-0.39, 0.29) is 48.6 Å². The van der Waals surface area contributed by atoms with E-state index < -0.39 is 15.8 Å². The number of hydrogen-bond acceptors (Lipinski definition) is 5. The van der Waals surface area contributed by atoms with Crippen LogP contribution in [0.25, 0.3) is 0 Å². The van der Waals surface area contributed by atoms with Gasteiger partial charge in [-0.2, -0.15) is 8.42 Å². The first-order chi connectivity index (χ1) is 14.3. The smallest absolute Gasteiger partial charge is 0.285 e. The molecule has 3 rings (SSSR count). The van der Waals surface area contributed by atoms with Crippen LogP contribution in [0.3, 0.4) is 0 Å². The van der Waals surface area contributed by atoms with Crippen LogP contribution >= 0.6 is 0 Å². The number of carbonyl (C=O) groups is 2. The maximum atomic E-state index is 13.1. The maximum Gasteiger partial charge on any atom is 0.285 e. The molecule has 2 amide bonds. The number of rotatable bonds is 7. The first kappa shape index (κ1) is 21.4. The molecule has 2 aromatic carbocycles. The van der Waals surface area contributed by atoms with E-state index in [0.717, 1.165) is 0 Å². The molecule has 0 radical (unpaired) electrons. The molecule has 0 aromatic heterocycles. The number of hydrogen-bond donors (Lipinski definition) is 2. The van der Waals surface area contributed by atoms with Crippen molar-refractivity contribution < 1.29 is 22.4 Å². The van der Waals surface area contributed by atoms with Gasteiger partial charge in [-0.05, 0) is 29.8 Å². The van der Waals surface area contributed by atoms with Crippen LogP contribution in [-0.4, -0.2) is 57.6 Å². The Labute approximate surface area is 173 Å². The summed E-state index contributed by atoms with van der Waals surface area (Å²) >= 11 is 0. The van der Waals surface area contributed by atoms with E-state index in [0.29, 0.717) is 11.1 Å². The quantitative estimate of drug-likeness (QED) is 0.626. The number of amidine groups is 1. The number of sulfonamides is 1. The lowest BCUT2D eigenvalue weighted by atomic mass is 10.1. The molecule has 1 aliphatic rings. The fraction of sp³-hybridized carbons (Fsp3) is 0.250. The van der Waals surface area contributed by atoms with Crippen LogP contribution in [0, 0.1) is 5.82 Å². The number of nitrogens with one attached hydrogen (secondary N) is 2. The Balaban J connectivity index is 1.43. The van der Waals surface area contributed by atoms with E-state index in [2.05, 4.69) is 15.0 Å². The minimum absolute atomic E-state index is 0.0438. The number of benzene rings is 2. The monoisotopic (exact) mass is 432 g/mol. The molecule has 0 unspecified atom stereocenters. The summed E-state index contributed by atoms with van der Waals surface area (Å²) in [7, 11) is -2.17. The number of likely N-dealkylation sites (N-methyl/N-ethyl adjacent to an activating group) is 1. The fourth-order valence-electron chi connectivity index (χ4n) is 3.01. The van der Waals surface area contributed by atoms with Gasteiger partial charge in [0.1, 0.15) is 10.7 Å². The standard InChI is InChI=1S/C20H21FN4O4S/c1-25(20-16-7-2-3-8-17(16)30(28,29)24-20)13-19(27)23-10-9-22-18(26)12-14-5-4-6-15(21)11-14/h2-8,11H,9-10,12-13H2,1H3,(H,22,26)(H,23,27). The second kappa shape index (κ2) is 9.04. The van der Waals surface area contributed by atoms with Gasteiger partial charge in [-0.1, -0.05) is 24.3 Å². The third-order valence-electron chi connectivity index (χ3n) is 4.38. The zero-order chi connectivity index (χ0) is 21.7. The molecule has 0 bridgehead atoms. The van der Waals surface area contributed by atoms with E-state index in [9.17, 15) is 22.4 Å². The number of carbonyl (C=O) groups excluding carboxylic acids is 2. The van der Waals surface area contributed by atoms with Crippen molar-refractivity contribution in [1.29, 1.82) is 0 Å². The Kier molecular flexibility index (Phi) is 6.46. The molecule has 0 atom stereocenters. The van der Waals surface area contributed by atoms with Gasteiger partial charge in [-0.25, -0.2) is 4.39 Å². The molecule has 0 fully saturated rings. The number of amides is 2. The van der Waals surface area contributed by atoms with Crippen molar-refractivity contribution in [2.24, 2.45) is 4.40 Å². The van der Waals surface area contributed by atoms with Crippen molar-refractivity contribution in [2.75, 3.05) is 26.7 Å². The van der Waals surface area contributed by atoms with Gasteiger partial charge in [-0.15, -0.1) is 4.40 Å². The highest BCUT2D eigenvalue weighted by molar-refractivity contribution is 7.90. The third kappa shape index (κ3) is 5.20. The topological polar surface area (TPSA) is 108 Å². The number of fused-ring (bicyclic) bond motifs is 1. The Hall–Kier alpha value is -3.27. The Morgan fingerprint density at radius 1 is 1.03 bits per heavy atom. The Morgan fingerprint density at radius 2 is 1.73 bits per heavy atom. The van der Waals surface area contributed by atoms with E-state index in [1.54, 1.807) is 31.3 Å². The molecule has 1 aliphatic heterocycles. The minimum atomic E-state index is -3.75. The molecule has 0 spiro atoms. The predicted molar refractivity (Wildman–Crippen MR) is 109 cm³/mol. The van der Waals surface area contributed by atoms with Crippen molar-refractivity contribution in [3.05, 3.63) is 65.5 Å². The molecule has 0 saturated carbocycles. The lowest BCUT2D eigenvalue weighted by Gasteiger charge is -2.18. The zero-order valence-corrected chi connectivity index (χ0v) is 17.1. The van der Waals surface area contributed by atoms with Crippen molar-refractivity contribution in [2.45, 2.75) is 11.3 Å². The van der Waals surface area contributed by atoms with Crippen LogP contribution in [0.4, 0.5) is 4.39 Å². The van der Waals surface area contributed by atoms with Gasteiger partial charge in [0.05, 0.1) is 13.0 Å². The molecular formula is C20H21FN4O4S. The van der Waals surface area contributed by atoms with Crippen LogP contribution in [0.2, 0.25) is 0 Å². The van der Waals surface area contributed by atoms with Gasteiger partial charge < -0.3 is 15.5 Å². The highest BCUT2D eigenvalue weighted by Crippen LogP contribution is 2.26. The molecular weight excluding hydrogens is 411 g/mol. The summed E-state index contributed by atoms with van der Waals surface area (Å²) in [6, 6.07) is 12.2. The van der Waals surface area contributed by atoms with Crippen LogP contribution in [-0.2, 0) is 26.0 Å². The molecule has 30 heavy (non-hydrogen) atoms. The fourth-order valence-corrected chi connectivity index (χ4v) is 4.26. The molecule has 1 heterocycles. The third-order valence-corrected chi connectivity index (χ3v) is 5.70. The summed E-state index contributed by atoms with van der Waals surface area (Å²) in [6.45, 7) is 0.310. The van der Waals surface area contributed by atoms with E-state index >= 15 is 0 Å². The second-order valence-electron chi connectivity index (χ2n) is 6.75. The van der Waals surface area contributed by atoms with Crippen molar-refractivity contribution in [3.8, 4) is 0 Å². The number of nitrogens with zero attached hydrogens (tertiary/aromatic N) is 2. The van der Waals surface area contributed by atoms with Gasteiger partial charge in [-0.3, -0.25) is 9.59 Å². The van der Waals surface area contributed by atoms with Crippen molar-refractivity contribution >= 4 is 27.7 Å². The summed E-state index contributed by atoms with van der Waals surface area (Å²) in [6.07, 6.45) is 0.0438. The Morgan fingerprint density at radius 3 is 2.47 bits per heavy atom. The highest BCUT2D eigenvalue weighted by Gasteiger charge is 2.30. The van der Waals surface area contributed by atoms with Crippen LogP contribution in [0.1, 0.15) is 11.1 Å².